The second kappa shape index (κ2) is 9.29. The normalized spacial score (nSPS) is 22.2. The average molecular weight is 506 g/mol. The molecule has 2 aliphatic rings. The van der Waals surface area contributed by atoms with Crippen molar-refractivity contribution in [2.45, 2.75) is 37.6 Å². The van der Waals surface area contributed by atoms with Gasteiger partial charge in [0.1, 0.15) is 17.7 Å². The van der Waals surface area contributed by atoms with Crippen molar-refractivity contribution in [3.63, 3.8) is 0 Å². The monoisotopic (exact) mass is 505 g/mol. The van der Waals surface area contributed by atoms with Crippen LogP contribution < -0.4 is 5.73 Å². The van der Waals surface area contributed by atoms with Crippen LogP contribution in [0.2, 0.25) is 0 Å². The van der Waals surface area contributed by atoms with Gasteiger partial charge in [-0.15, -0.1) is 0 Å². The van der Waals surface area contributed by atoms with Crippen LogP contribution in [0.15, 0.2) is 54.6 Å². The van der Waals surface area contributed by atoms with E-state index in [-0.39, 0.29) is 17.3 Å². The van der Waals surface area contributed by atoms with Crippen molar-refractivity contribution < 1.29 is 23.4 Å². The van der Waals surface area contributed by atoms with Gasteiger partial charge in [-0.3, -0.25) is 4.90 Å². The highest BCUT2D eigenvalue weighted by Crippen LogP contribution is 2.34. The number of nitrogens with zero attached hydrogens (tertiary/aromatic N) is 4. The Kier molecular flexibility index (Phi) is 5.94. The molecule has 2 aromatic carbocycles. The van der Waals surface area contributed by atoms with E-state index in [1.807, 2.05) is 30.3 Å². The standard InChI is InChI=1S/C27H25F2N5O3/c28-16-6-7-20(29)18(10-16)25-21(30)11-17(14-37-25)33-9-8-22-19(13-33)26-31-23(15-4-2-1-3-5-15)12-24(27(35)36)34(26)32-22/h1-7,10,12,17,21,25H,8-9,11,13-14,30H2,(H,35,36)/t17-,21+,25-/m1/s1. The third-order valence-corrected chi connectivity index (χ3v) is 7.24. The molecule has 37 heavy (non-hydrogen) atoms. The number of hydrogen-bond donors (Lipinski definition) is 2. The van der Waals surface area contributed by atoms with Crippen LogP contribution in [-0.4, -0.2) is 55.8 Å². The number of aromatic carboxylic acids is 1. The largest absolute Gasteiger partial charge is 0.477 e. The molecule has 0 saturated carbocycles. The molecule has 1 saturated heterocycles. The molecule has 0 aliphatic carbocycles. The van der Waals surface area contributed by atoms with Gasteiger partial charge in [0.25, 0.3) is 0 Å². The van der Waals surface area contributed by atoms with E-state index in [2.05, 4.69) is 10.00 Å². The Morgan fingerprint density at radius 2 is 1.95 bits per heavy atom. The third kappa shape index (κ3) is 4.26. The SMILES string of the molecule is N[C@H]1C[C@@H](N2CCc3nn4c(C(=O)O)cc(-c5ccccc5)nc4c3C2)CO[C@@H]1c1cc(F)ccc1F. The van der Waals surface area contributed by atoms with Gasteiger partial charge in [-0.05, 0) is 30.7 Å². The minimum atomic E-state index is -1.08. The van der Waals surface area contributed by atoms with Crippen molar-refractivity contribution in [2.24, 2.45) is 5.73 Å². The van der Waals surface area contributed by atoms with Crippen molar-refractivity contribution >= 4 is 11.6 Å². The Morgan fingerprint density at radius 1 is 1.14 bits per heavy atom. The number of ether oxygens (including phenoxy) is 1. The molecule has 4 heterocycles. The number of rotatable bonds is 4. The maximum absolute atomic E-state index is 14.3. The molecule has 2 aliphatic heterocycles. The van der Waals surface area contributed by atoms with Crippen LogP contribution >= 0.6 is 0 Å². The summed E-state index contributed by atoms with van der Waals surface area (Å²) in [6, 6.07) is 13.7. The summed E-state index contributed by atoms with van der Waals surface area (Å²) in [5, 5.41) is 14.5. The molecule has 0 radical (unpaired) electrons. The molecule has 190 valence electrons. The number of aromatic nitrogens is 3. The highest BCUT2D eigenvalue weighted by molar-refractivity contribution is 5.88. The van der Waals surface area contributed by atoms with Crippen molar-refractivity contribution in [1.82, 2.24) is 19.5 Å². The summed E-state index contributed by atoms with van der Waals surface area (Å²) in [7, 11) is 0. The molecule has 6 rings (SSSR count). The zero-order valence-corrected chi connectivity index (χ0v) is 19.8. The van der Waals surface area contributed by atoms with E-state index in [1.165, 1.54) is 4.52 Å². The number of benzene rings is 2. The molecule has 0 amide bonds. The Morgan fingerprint density at radius 3 is 2.70 bits per heavy atom. The van der Waals surface area contributed by atoms with E-state index in [4.69, 9.17) is 15.5 Å². The molecule has 3 atom stereocenters. The Labute approximate surface area is 211 Å². The number of carboxylic acid groups (broad SMARTS) is 1. The fourth-order valence-electron chi connectivity index (χ4n) is 5.37. The molecular weight excluding hydrogens is 480 g/mol. The maximum atomic E-state index is 14.3. The van der Waals surface area contributed by atoms with Crippen molar-refractivity contribution in [3.8, 4) is 11.3 Å². The number of halogens is 2. The second-order valence-corrected chi connectivity index (χ2v) is 9.55. The van der Waals surface area contributed by atoms with Crippen LogP contribution in [-0.2, 0) is 17.7 Å². The van der Waals surface area contributed by atoms with Gasteiger partial charge in [-0.25, -0.2) is 23.1 Å². The fourth-order valence-corrected chi connectivity index (χ4v) is 5.37. The predicted octanol–water partition coefficient (Wildman–Crippen LogP) is 3.59. The van der Waals surface area contributed by atoms with Gasteiger partial charge in [-0.1, -0.05) is 30.3 Å². The third-order valence-electron chi connectivity index (χ3n) is 7.24. The lowest BCUT2D eigenvalue weighted by Crippen LogP contribution is -2.50. The smallest absolute Gasteiger partial charge is 0.354 e. The first-order valence-electron chi connectivity index (χ1n) is 12.2. The summed E-state index contributed by atoms with van der Waals surface area (Å²) in [4.78, 5) is 19.1. The van der Waals surface area contributed by atoms with Crippen molar-refractivity contribution in [3.05, 3.63) is 88.7 Å². The van der Waals surface area contributed by atoms with Gasteiger partial charge in [0, 0.05) is 48.3 Å². The average Bonchev–Trinajstić information content (AvgIpc) is 3.28. The lowest BCUT2D eigenvalue weighted by molar-refractivity contribution is -0.0547. The number of fused-ring (bicyclic) bond motifs is 3. The zero-order valence-electron chi connectivity index (χ0n) is 19.8. The van der Waals surface area contributed by atoms with Crippen LogP contribution in [0.3, 0.4) is 0 Å². The van der Waals surface area contributed by atoms with E-state index in [0.29, 0.717) is 43.9 Å². The Hall–Kier alpha value is -3.73. The van der Waals surface area contributed by atoms with Crippen molar-refractivity contribution in [1.29, 1.82) is 0 Å². The van der Waals surface area contributed by atoms with Gasteiger partial charge in [0.2, 0.25) is 0 Å². The summed E-state index contributed by atoms with van der Waals surface area (Å²) in [6.45, 7) is 1.50. The van der Waals surface area contributed by atoms with Gasteiger partial charge in [0.05, 0.1) is 18.0 Å². The topological polar surface area (TPSA) is 106 Å². The first kappa shape index (κ1) is 23.7. The summed E-state index contributed by atoms with van der Waals surface area (Å²) < 4.78 is 35.4. The van der Waals surface area contributed by atoms with Crippen LogP contribution in [0.5, 0.6) is 0 Å². The Balaban J connectivity index is 1.29. The minimum Gasteiger partial charge on any atom is -0.477 e. The molecular formula is C27H25F2N5O3. The van der Waals surface area contributed by atoms with E-state index in [9.17, 15) is 18.7 Å². The lowest BCUT2D eigenvalue weighted by Gasteiger charge is -2.41. The second-order valence-electron chi connectivity index (χ2n) is 9.55. The molecule has 1 fully saturated rings. The molecule has 4 aromatic rings. The van der Waals surface area contributed by atoms with E-state index >= 15 is 0 Å². The highest BCUT2D eigenvalue weighted by atomic mass is 19.1. The van der Waals surface area contributed by atoms with Crippen molar-refractivity contribution in [2.75, 3.05) is 13.2 Å². The first-order valence-corrected chi connectivity index (χ1v) is 12.2. The summed E-state index contributed by atoms with van der Waals surface area (Å²) in [5.41, 5.74) is 10.2. The Bertz CT molecular complexity index is 1490. The quantitative estimate of drug-likeness (QED) is 0.437. The van der Waals surface area contributed by atoms with Gasteiger partial charge >= 0.3 is 5.97 Å². The van der Waals surface area contributed by atoms with Crippen LogP contribution in [0.1, 0.15) is 39.8 Å². The number of hydrogen-bond acceptors (Lipinski definition) is 6. The molecule has 3 N–H and O–H groups in total. The van der Waals surface area contributed by atoms with E-state index in [1.54, 1.807) is 6.07 Å². The van der Waals surface area contributed by atoms with Crippen LogP contribution in [0.4, 0.5) is 8.78 Å². The summed E-state index contributed by atoms with van der Waals surface area (Å²) in [5.74, 6) is -2.15. The predicted molar refractivity (Wildman–Crippen MR) is 131 cm³/mol. The van der Waals surface area contributed by atoms with E-state index < -0.39 is 29.7 Å². The summed E-state index contributed by atoms with van der Waals surface area (Å²) >= 11 is 0. The van der Waals surface area contributed by atoms with E-state index in [0.717, 1.165) is 35.0 Å². The minimum absolute atomic E-state index is 0.0396. The number of carboxylic acids is 1. The molecule has 10 heteroatoms. The molecule has 8 nitrogen and oxygen atoms in total. The highest BCUT2D eigenvalue weighted by Gasteiger charge is 2.36. The molecule has 0 bridgehead atoms. The van der Waals surface area contributed by atoms with Gasteiger partial charge in [-0.2, -0.15) is 5.10 Å². The molecule has 2 aromatic heterocycles. The number of nitrogens with two attached hydrogens (primary N) is 1. The maximum Gasteiger partial charge on any atom is 0.354 e. The first-order chi connectivity index (χ1) is 17.9. The molecule has 0 unspecified atom stereocenters. The summed E-state index contributed by atoms with van der Waals surface area (Å²) in [6.07, 6.45) is 0.433. The van der Waals surface area contributed by atoms with Crippen LogP contribution in [0, 0.1) is 11.6 Å². The van der Waals surface area contributed by atoms with Gasteiger partial charge in [0.15, 0.2) is 11.3 Å². The lowest BCUT2D eigenvalue weighted by atomic mass is 9.92. The van der Waals surface area contributed by atoms with Crippen LogP contribution in [0.25, 0.3) is 16.9 Å². The zero-order chi connectivity index (χ0) is 25.7. The molecule has 0 spiro atoms. The number of carbonyl (C=O) groups is 1. The fraction of sp³-hybridized carbons (Fsp3) is 0.296. The van der Waals surface area contributed by atoms with Gasteiger partial charge < -0.3 is 15.6 Å².